The molecule has 0 atom stereocenters. The molecule has 168 valence electrons. The molecular weight excluding hydrogens is 428 g/mol. The lowest BCUT2D eigenvalue weighted by atomic mass is 10.1. The molecule has 2 N–H and O–H groups in total. The van der Waals surface area contributed by atoms with Crippen LogP contribution in [0.4, 0.5) is 20.3 Å². The van der Waals surface area contributed by atoms with Crippen molar-refractivity contribution >= 4 is 29.0 Å². The van der Waals surface area contributed by atoms with Crippen LogP contribution >= 0.6 is 0 Å². The van der Waals surface area contributed by atoms with Gasteiger partial charge >= 0.3 is 0 Å². The van der Waals surface area contributed by atoms with E-state index in [1.165, 1.54) is 35.0 Å². The predicted molar refractivity (Wildman–Crippen MR) is 122 cm³/mol. The fraction of sp³-hybridized carbons (Fsp3) is 0.167. The summed E-state index contributed by atoms with van der Waals surface area (Å²) in [5, 5.41) is 9.47. The zero-order valence-electron chi connectivity index (χ0n) is 18.0. The highest BCUT2D eigenvalue weighted by Gasteiger charge is 2.18. The molecule has 4 rings (SSSR count). The minimum atomic E-state index is -0.637. The Morgan fingerprint density at radius 3 is 2.52 bits per heavy atom. The molecule has 0 saturated carbocycles. The van der Waals surface area contributed by atoms with Crippen LogP contribution in [0.2, 0.25) is 0 Å². The molecule has 2 amide bonds. The fourth-order valence-corrected chi connectivity index (χ4v) is 3.45. The predicted octanol–water partition coefficient (Wildman–Crippen LogP) is 4.35. The smallest absolute Gasteiger partial charge is 0.259 e. The average Bonchev–Trinajstić information content (AvgIpc) is 3.15. The van der Waals surface area contributed by atoms with E-state index in [0.717, 1.165) is 0 Å². The Kier molecular flexibility index (Phi) is 6.12. The standard InChI is InChI=1S/C24H21F2N5O2/c1-14-16(7-5-11-27-14)23(32)28-20-10-9-15(12-19(20)26)21-13-22(31(2)30-21)29-24(33)17-6-3-4-8-18(17)25/h3-4,6-10,12-13H,5,11H2,1-2H3,(H,28,32)(H,29,33). The van der Waals surface area contributed by atoms with E-state index in [1.54, 1.807) is 38.2 Å². The molecule has 9 heteroatoms. The monoisotopic (exact) mass is 449 g/mol. The highest BCUT2D eigenvalue weighted by Crippen LogP contribution is 2.26. The van der Waals surface area contributed by atoms with Crippen LogP contribution < -0.4 is 10.6 Å². The van der Waals surface area contributed by atoms with Crippen molar-refractivity contribution in [3.05, 3.63) is 77.4 Å². The van der Waals surface area contributed by atoms with Gasteiger partial charge in [0.2, 0.25) is 0 Å². The molecule has 0 fully saturated rings. The molecule has 0 spiro atoms. The molecule has 2 heterocycles. The topological polar surface area (TPSA) is 88.4 Å². The Hall–Kier alpha value is -4.14. The minimum Gasteiger partial charge on any atom is -0.319 e. The second-order valence-corrected chi connectivity index (χ2v) is 7.49. The van der Waals surface area contributed by atoms with Crippen LogP contribution in [0.5, 0.6) is 0 Å². The van der Waals surface area contributed by atoms with Gasteiger partial charge in [0.05, 0.1) is 22.5 Å². The van der Waals surface area contributed by atoms with Crippen LogP contribution in [0.25, 0.3) is 11.3 Å². The Bertz CT molecular complexity index is 1310. The number of hydrogen-bond acceptors (Lipinski definition) is 4. The SMILES string of the molecule is CC1=NCCC=C1C(=O)Nc1ccc(-c2cc(NC(=O)c3ccccc3F)n(C)n2)cc1F. The van der Waals surface area contributed by atoms with Crippen LogP contribution in [0.1, 0.15) is 23.7 Å². The van der Waals surface area contributed by atoms with Gasteiger partial charge in [0.25, 0.3) is 11.8 Å². The van der Waals surface area contributed by atoms with E-state index in [2.05, 4.69) is 20.7 Å². The van der Waals surface area contributed by atoms with E-state index in [4.69, 9.17) is 0 Å². The van der Waals surface area contributed by atoms with Gasteiger partial charge in [-0.15, -0.1) is 0 Å². The zero-order chi connectivity index (χ0) is 23.5. The van der Waals surface area contributed by atoms with Gasteiger partial charge in [-0.3, -0.25) is 19.3 Å². The number of carbonyl (C=O) groups is 2. The first-order valence-electron chi connectivity index (χ1n) is 10.3. The van der Waals surface area contributed by atoms with E-state index < -0.39 is 23.4 Å². The zero-order valence-corrected chi connectivity index (χ0v) is 18.0. The summed E-state index contributed by atoms with van der Waals surface area (Å²) in [5.74, 6) is -1.99. The van der Waals surface area contributed by atoms with Gasteiger partial charge < -0.3 is 10.6 Å². The normalized spacial score (nSPS) is 13.2. The van der Waals surface area contributed by atoms with E-state index in [-0.39, 0.29) is 11.3 Å². The number of nitrogens with zero attached hydrogens (tertiary/aromatic N) is 3. The van der Waals surface area contributed by atoms with Crippen LogP contribution in [0.3, 0.4) is 0 Å². The Balaban J connectivity index is 1.51. The van der Waals surface area contributed by atoms with Crippen molar-refractivity contribution in [1.82, 2.24) is 9.78 Å². The Morgan fingerprint density at radius 1 is 1.00 bits per heavy atom. The highest BCUT2D eigenvalue weighted by molar-refractivity contribution is 6.24. The number of halogens is 2. The fourth-order valence-electron chi connectivity index (χ4n) is 3.45. The number of dihydropyridines is 1. The van der Waals surface area contributed by atoms with Gasteiger partial charge in [-0.1, -0.05) is 24.3 Å². The summed E-state index contributed by atoms with van der Waals surface area (Å²) in [7, 11) is 1.60. The molecule has 0 saturated heterocycles. The summed E-state index contributed by atoms with van der Waals surface area (Å²) in [6.07, 6.45) is 2.45. The summed E-state index contributed by atoms with van der Waals surface area (Å²) in [5.41, 5.74) is 1.84. The van der Waals surface area contributed by atoms with Gasteiger partial charge in [0.15, 0.2) is 0 Å². The van der Waals surface area contributed by atoms with Crippen molar-refractivity contribution in [1.29, 1.82) is 0 Å². The number of rotatable bonds is 5. The number of amides is 2. The third-order valence-corrected chi connectivity index (χ3v) is 5.21. The largest absolute Gasteiger partial charge is 0.319 e. The van der Waals surface area contributed by atoms with Gasteiger partial charge in [-0.05, 0) is 37.6 Å². The molecule has 0 aliphatic carbocycles. The van der Waals surface area contributed by atoms with Crippen molar-refractivity contribution in [3.8, 4) is 11.3 Å². The first kappa shape index (κ1) is 22.1. The molecule has 33 heavy (non-hydrogen) atoms. The lowest BCUT2D eigenvalue weighted by molar-refractivity contribution is -0.112. The van der Waals surface area contributed by atoms with Crippen LogP contribution in [0.15, 0.2) is 65.2 Å². The van der Waals surface area contributed by atoms with Gasteiger partial charge in [0, 0.05) is 30.9 Å². The van der Waals surface area contributed by atoms with Crippen molar-refractivity contribution in [2.45, 2.75) is 13.3 Å². The third kappa shape index (κ3) is 4.72. The summed E-state index contributed by atoms with van der Waals surface area (Å²) in [6.45, 7) is 2.38. The molecule has 1 aliphatic heterocycles. The van der Waals surface area contributed by atoms with E-state index in [0.29, 0.717) is 41.3 Å². The number of anilines is 2. The van der Waals surface area contributed by atoms with Gasteiger partial charge in [0.1, 0.15) is 17.5 Å². The number of aryl methyl sites for hydroxylation is 1. The Labute approximate surface area is 188 Å². The number of carbonyl (C=O) groups excluding carboxylic acids is 2. The highest BCUT2D eigenvalue weighted by atomic mass is 19.1. The first-order chi connectivity index (χ1) is 15.8. The summed E-state index contributed by atoms with van der Waals surface area (Å²) < 4.78 is 30.0. The quantitative estimate of drug-likeness (QED) is 0.607. The van der Waals surface area contributed by atoms with Crippen molar-refractivity contribution in [3.63, 3.8) is 0 Å². The maximum atomic E-state index is 14.7. The molecule has 1 aliphatic rings. The maximum absolute atomic E-state index is 14.7. The maximum Gasteiger partial charge on any atom is 0.259 e. The summed E-state index contributed by atoms with van der Waals surface area (Å²) in [4.78, 5) is 29.1. The molecular formula is C24H21F2N5O2. The molecule has 0 bridgehead atoms. The lowest BCUT2D eigenvalue weighted by Gasteiger charge is -2.13. The second-order valence-electron chi connectivity index (χ2n) is 7.49. The number of nitrogens with one attached hydrogen (secondary N) is 2. The van der Waals surface area contributed by atoms with Gasteiger partial charge in [-0.2, -0.15) is 5.10 Å². The van der Waals surface area contributed by atoms with Crippen LogP contribution in [0, 0.1) is 11.6 Å². The lowest BCUT2D eigenvalue weighted by Crippen LogP contribution is -2.21. The second kappa shape index (κ2) is 9.15. The minimum absolute atomic E-state index is 0.0343. The first-order valence-corrected chi connectivity index (χ1v) is 10.3. The van der Waals surface area contributed by atoms with Crippen molar-refractivity contribution < 1.29 is 18.4 Å². The van der Waals surface area contributed by atoms with E-state index in [1.807, 2.05) is 0 Å². The number of aliphatic imine (C=N–C) groups is 1. The number of aromatic nitrogens is 2. The van der Waals surface area contributed by atoms with Crippen molar-refractivity contribution in [2.75, 3.05) is 17.2 Å². The van der Waals surface area contributed by atoms with Gasteiger partial charge in [-0.25, -0.2) is 8.78 Å². The Morgan fingerprint density at radius 2 is 1.79 bits per heavy atom. The summed E-state index contributed by atoms with van der Waals surface area (Å²) in [6, 6.07) is 11.5. The van der Waals surface area contributed by atoms with Crippen molar-refractivity contribution in [2.24, 2.45) is 12.0 Å². The number of hydrogen-bond donors (Lipinski definition) is 2. The molecule has 2 aromatic carbocycles. The van der Waals surface area contributed by atoms with Crippen LogP contribution in [-0.4, -0.2) is 33.9 Å². The molecule has 7 nitrogen and oxygen atoms in total. The van der Waals surface area contributed by atoms with E-state index in [9.17, 15) is 18.4 Å². The third-order valence-electron chi connectivity index (χ3n) is 5.21. The van der Waals surface area contributed by atoms with E-state index >= 15 is 0 Å². The molecule has 3 aromatic rings. The molecule has 1 aromatic heterocycles. The summed E-state index contributed by atoms with van der Waals surface area (Å²) >= 11 is 0. The van der Waals surface area contributed by atoms with Crippen LogP contribution in [-0.2, 0) is 11.8 Å². The molecule has 0 unspecified atom stereocenters. The average molecular weight is 449 g/mol. The molecule has 0 radical (unpaired) electrons. The number of benzene rings is 2.